The Hall–Kier alpha value is -3.80. The first-order chi connectivity index (χ1) is 16.6. The monoisotopic (exact) mass is 455 g/mol. The molecule has 3 aromatic carbocycles. The number of hydrogen-bond donors (Lipinski definition) is 0. The lowest BCUT2D eigenvalue weighted by molar-refractivity contribution is -0.117. The lowest BCUT2D eigenvalue weighted by atomic mass is 10.1. The Morgan fingerprint density at radius 3 is 2.68 bits per heavy atom. The highest BCUT2D eigenvalue weighted by atomic mass is 16.5. The lowest BCUT2D eigenvalue weighted by Gasteiger charge is -2.20. The van der Waals surface area contributed by atoms with Gasteiger partial charge in [-0.05, 0) is 55.8 Å². The van der Waals surface area contributed by atoms with Crippen LogP contribution in [0, 0.1) is 6.92 Å². The highest BCUT2D eigenvalue weighted by Gasteiger charge is 2.36. The van der Waals surface area contributed by atoms with Crippen molar-refractivity contribution in [2.75, 3.05) is 24.7 Å². The number of benzene rings is 3. The molecule has 1 saturated heterocycles. The topological polar surface area (TPSA) is 56.6 Å². The summed E-state index contributed by atoms with van der Waals surface area (Å²) in [6.07, 6.45) is 0.419. The predicted molar refractivity (Wildman–Crippen MR) is 134 cm³/mol. The molecule has 34 heavy (non-hydrogen) atoms. The van der Waals surface area contributed by atoms with E-state index < -0.39 is 0 Å². The van der Waals surface area contributed by atoms with Gasteiger partial charge in [0.1, 0.15) is 23.9 Å². The minimum absolute atomic E-state index is 0.00597. The van der Waals surface area contributed by atoms with Gasteiger partial charge in [-0.3, -0.25) is 4.79 Å². The number of ether oxygens (including phenoxy) is 2. The molecular formula is C28H29N3O3. The van der Waals surface area contributed by atoms with Crippen molar-refractivity contribution >= 4 is 22.6 Å². The van der Waals surface area contributed by atoms with Gasteiger partial charge in [-0.1, -0.05) is 36.4 Å². The minimum atomic E-state index is -0.00597. The molecule has 0 N–H and O–H groups in total. The van der Waals surface area contributed by atoms with Crippen LogP contribution in [0.15, 0.2) is 72.8 Å². The second-order valence-electron chi connectivity index (χ2n) is 8.58. The van der Waals surface area contributed by atoms with Crippen LogP contribution in [0.1, 0.15) is 30.7 Å². The number of carbonyl (C=O) groups excluding carboxylic acids is 1. The molecule has 0 bridgehead atoms. The Balaban J connectivity index is 1.41. The van der Waals surface area contributed by atoms with Crippen LogP contribution in [0.25, 0.3) is 11.0 Å². The lowest BCUT2D eigenvalue weighted by Crippen LogP contribution is -2.25. The number of nitrogens with zero attached hydrogens (tertiary/aromatic N) is 3. The van der Waals surface area contributed by atoms with Crippen LogP contribution in [0.3, 0.4) is 0 Å². The number of aromatic nitrogens is 2. The number of fused-ring (bicyclic) bond motifs is 1. The SMILES string of the molecule is CCOc1ccccc1N1C[C@H](c2nc3ccccc3n2CCOc2cccc(C)c2)CC1=O. The fraction of sp³-hybridized carbons (Fsp3) is 0.286. The van der Waals surface area contributed by atoms with Gasteiger partial charge >= 0.3 is 0 Å². The van der Waals surface area contributed by atoms with Crippen molar-refractivity contribution < 1.29 is 14.3 Å². The van der Waals surface area contributed by atoms with E-state index in [1.54, 1.807) is 0 Å². The molecule has 1 aliphatic rings. The van der Waals surface area contributed by atoms with Crippen molar-refractivity contribution in [3.63, 3.8) is 0 Å². The van der Waals surface area contributed by atoms with Crippen molar-refractivity contribution in [2.24, 2.45) is 0 Å². The maximum atomic E-state index is 13.1. The zero-order chi connectivity index (χ0) is 23.5. The Labute approximate surface area is 199 Å². The molecular weight excluding hydrogens is 426 g/mol. The second-order valence-corrected chi connectivity index (χ2v) is 8.58. The molecule has 5 rings (SSSR count). The summed E-state index contributed by atoms with van der Waals surface area (Å²) in [6.45, 7) is 6.32. The molecule has 0 radical (unpaired) electrons. The van der Waals surface area contributed by atoms with E-state index in [4.69, 9.17) is 14.5 Å². The van der Waals surface area contributed by atoms with Gasteiger partial charge in [-0.15, -0.1) is 0 Å². The number of aryl methyl sites for hydroxylation is 1. The van der Waals surface area contributed by atoms with Gasteiger partial charge in [0.2, 0.25) is 5.91 Å². The van der Waals surface area contributed by atoms with Gasteiger partial charge in [-0.2, -0.15) is 0 Å². The number of amides is 1. The Morgan fingerprint density at radius 2 is 1.82 bits per heavy atom. The quantitative estimate of drug-likeness (QED) is 0.360. The van der Waals surface area contributed by atoms with Crippen molar-refractivity contribution in [3.8, 4) is 11.5 Å². The summed E-state index contributed by atoms with van der Waals surface area (Å²) < 4.78 is 14.0. The molecule has 1 atom stereocenters. The Bertz CT molecular complexity index is 1310. The molecule has 2 heterocycles. The molecule has 0 unspecified atom stereocenters. The molecule has 1 aliphatic heterocycles. The van der Waals surface area contributed by atoms with Crippen LogP contribution in [0.2, 0.25) is 0 Å². The standard InChI is InChI=1S/C28H29N3O3/c1-3-33-26-14-7-6-13-25(26)31-19-21(18-27(31)32)28-29-23-11-4-5-12-24(23)30(28)15-16-34-22-10-8-9-20(2)17-22/h4-14,17,21H,3,15-16,18-19H2,1-2H3/t21-/m1/s1. The summed E-state index contributed by atoms with van der Waals surface area (Å²) in [5.74, 6) is 2.61. The van der Waals surface area contributed by atoms with Crippen LogP contribution in [-0.4, -0.2) is 35.2 Å². The maximum Gasteiger partial charge on any atom is 0.227 e. The summed E-state index contributed by atoms with van der Waals surface area (Å²) in [5.41, 5.74) is 3.99. The van der Waals surface area contributed by atoms with Crippen molar-refractivity contribution in [1.29, 1.82) is 0 Å². The zero-order valence-electron chi connectivity index (χ0n) is 19.6. The highest BCUT2D eigenvalue weighted by Crippen LogP contribution is 2.37. The summed E-state index contributed by atoms with van der Waals surface area (Å²) in [5, 5.41) is 0. The number of rotatable bonds is 8. The van der Waals surface area contributed by atoms with Gasteiger partial charge in [0.25, 0.3) is 0 Å². The van der Waals surface area contributed by atoms with E-state index in [2.05, 4.69) is 23.6 Å². The third-order valence-corrected chi connectivity index (χ3v) is 6.20. The molecule has 6 heteroatoms. The van der Waals surface area contributed by atoms with Gasteiger partial charge in [0.15, 0.2) is 0 Å². The Morgan fingerprint density at radius 1 is 1.00 bits per heavy atom. The van der Waals surface area contributed by atoms with E-state index in [-0.39, 0.29) is 11.8 Å². The third kappa shape index (κ3) is 4.36. The highest BCUT2D eigenvalue weighted by molar-refractivity contribution is 5.97. The summed E-state index contributed by atoms with van der Waals surface area (Å²) >= 11 is 0. The smallest absolute Gasteiger partial charge is 0.227 e. The van der Waals surface area contributed by atoms with Crippen LogP contribution in [0.4, 0.5) is 5.69 Å². The van der Waals surface area contributed by atoms with Gasteiger partial charge in [0.05, 0.1) is 29.9 Å². The zero-order valence-corrected chi connectivity index (χ0v) is 19.6. The second kappa shape index (κ2) is 9.59. The van der Waals surface area contributed by atoms with E-state index in [1.165, 1.54) is 5.56 Å². The molecule has 0 aliphatic carbocycles. The molecule has 4 aromatic rings. The number of anilines is 1. The summed E-state index contributed by atoms with van der Waals surface area (Å²) in [4.78, 5) is 19.9. The maximum absolute atomic E-state index is 13.1. The average Bonchev–Trinajstić information content (AvgIpc) is 3.40. The van der Waals surface area contributed by atoms with E-state index in [0.29, 0.717) is 32.7 Å². The number of hydrogen-bond acceptors (Lipinski definition) is 4. The van der Waals surface area contributed by atoms with Crippen LogP contribution in [0.5, 0.6) is 11.5 Å². The minimum Gasteiger partial charge on any atom is -0.492 e. The van der Waals surface area contributed by atoms with Crippen molar-refractivity contribution in [1.82, 2.24) is 9.55 Å². The number of imidazole rings is 1. The first-order valence-electron chi connectivity index (χ1n) is 11.8. The van der Waals surface area contributed by atoms with Gasteiger partial charge in [0, 0.05) is 18.9 Å². The average molecular weight is 456 g/mol. The Kier molecular flexibility index (Phi) is 6.21. The van der Waals surface area contributed by atoms with Crippen LogP contribution < -0.4 is 14.4 Å². The largest absolute Gasteiger partial charge is 0.492 e. The fourth-order valence-electron chi connectivity index (χ4n) is 4.67. The van der Waals surface area contributed by atoms with E-state index in [0.717, 1.165) is 34.0 Å². The van der Waals surface area contributed by atoms with Gasteiger partial charge < -0.3 is 18.9 Å². The first kappa shape index (κ1) is 22.0. The normalized spacial score (nSPS) is 15.8. The van der Waals surface area contributed by atoms with E-state index in [1.807, 2.05) is 72.5 Å². The first-order valence-corrected chi connectivity index (χ1v) is 11.8. The third-order valence-electron chi connectivity index (χ3n) is 6.20. The van der Waals surface area contributed by atoms with Crippen LogP contribution >= 0.6 is 0 Å². The molecule has 6 nitrogen and oxygen atoms in total. The van der Waals surface area contributed by atoms with E-state index >= 15 is 0 Å². The van der Waals surface area contributed by atoms with Crippen molar-refractivity contribution in [2.45, 2.75) is 32.7 Å². The number of para-hydroxylation sites is 4. The fourth-order valence-corrected chi connectivity index (χ4v) is 4.67. The number of carbonyl (C=O) groups is 1. The molecule has 174 valence electrons. The van der Waals surface area contributed by atoms with Crippen LogP contribution in [-0.2, 0) is 11.3 Å². The van der Waals surface area contributed by atoms with Crippen molar-refractivity contribution in [3.05, 3.63) is 84.2 Å². The van der Waals surface area contributed by atoms with E-state index in [9.17, 15) is 4.79 Å². The predicted octanol–water partition coefficient (Wildman–Crippen LogP) is 5.34. The molecule has 1 aromatic heterocycles. The molecule has 0 saturated carbocycles. The molecule has 1 fully saturated rings. The molecule has 1 amide bonds. The van der Waals surface area contributed by atoms with Gasteiger partial charge in [-0.25, -0.2) is 4.98 Å². The molecule has 0 spiro atoms. The summed E-state index contributed by atoms with van der Waals surface area (Å²) in [6, 6.07) is 23.9. The summed E-state index contributed by atoms with van der Waals surface area (Å²) in [7, 11) is 0.